The van der Waals surface area contributed by atoms with Crippen LogP contribution in [0.2, 0.25) is 5.02 Å². The van der Waals surface area contributed by atoms with Crippen LogP contribution in [0.3, 0.4) is 0 Å². The first kappa shape index (κ1) is 11.9. The largest absolute Gasteiger partial charge is 0.326 e. The summed E-state index contributed by atoms with van der Waals surface area (Å²) in [5, 5.41) is 0.181. The molecule has 1 saturated carbocycles. The third-order valence-electron chi connectivity index (χ3n) is 3.06. The molecule has 2 rings (SSSR count). The van der Waals surface area contributed by atoms with Crippen molar-refractivity contribution in [3.05, 3.63) is 34.9 Å². The van der Waals surface area contributed by atoms with E-state index >= 15 is 0 Å². The number of rotatable bonds is 3. The molecule has 3 atom stereocenters. The van der Waals surface area contributed by atoms with E-state index in [9.17, 15) is 8.42 Å². The molecule has 1 aliphatic rings. The van der Waals surface area contributed by atoms with E-state index in [-0.39, 0.29) is 17.7 Å². The lowest BCUT2D eigenvalue weighted by Crippen LogP contribution is -2.17. The molecule has 3 nitrogen and oxygen atoms in total. The van der Waals surface area contributed by atoms with Crippen LogP contribution in [0.5, 0.6) is 0 Å². The molecular weight excluding hydrogens is 246 g/mol. The molecule has 88 valence electrons. The molecule has 1 aliphatic carbocycles. The second kappa shape index (κ2) is 4.02. The number of benzene rings is 1. The predicted octanol–water partition coefficient (Wildman–Crippen LogP) is 1.57. The molecule has 0 aromatic heterocycles. The van der Waals surface area contributed by atoms with Crippen molar-refractivity contribution in [3.8, 4) is 0 Å². The summed E-state index contributed by atoms with van der Waals surface area (Å²) in [5.74, 6) is 0.0475. The minimum Gasteiger partial charge on any atom is -0.326 e. The molecule has 0 amide bonds. The lowest BCUT2D eigenvalue weighted by atomic mass is 10.1. The summed E-state index contributed by atoms with van der Waals surface area (Å²) < 4.78 is 23.5. The molecule has 0 radical (unpaired) electrons. The Hall–Kier alpha value is -0.580. The Bertz CT molecular complexity index is 500. The van der Waals surface area contributed by atoms with Crippen LogP contribution in [0.1, 0.15) is 18.4 Å². The first-order chi connectivity index (χ1) is 7.47. The van der Waals surface area contributed by atoms with Gasteiger partial charge in [-0.15, -0.1) is 0 Å². The molecule has 0 unspecified atom stereocenters. The molecular formula is C11H14ClNO2S. The van der Waals surface area contributed by atoms with Crippen LogP contribution in [0.4, 0.5) is 0 Å². The van der Waals surface area contributed by atoms with Crippen LogP contribution >= 0.6 is 11.6 Å². The van der Waals surface area contributed by atoms with Crippen molar-refractivity contribution in [1.29, 1.82) is 0 Å². The van der Waals surface area contributed by atoms with Crippen molar-refractivity contribution in [3.63, 3.8) is 0 Å². The van der Waals surface area contributed by atoms with Crippen LogP contribution in [0, 0.1) is 0 Å². The molecule has 0 spiro atoms. The van der Waals surface area contributed by atoms with Crippen LogP contribution in [0.25, 0.3) is 0 Å². The standard InChI is InChI=1S/C11H14ClNO2S/c1-2-16(14,15)11-9(10(11)13)7-4-3-5-8(12)6-7/h3-6,9-11H,2,13H2,1H3/t9-,10-,11-/m0/s1. The van der Waals surface area contributed by atoms with Crippen molar-refractivity contribution < 1.29 is 8.42 Å². The van der Waals surface area contributed by atoms with Gasteiger partial charge in [0, 0.05) is 22.7 Å². The van der Waals surface area contributed by atoms with Gasteiger partial charge in [-0.2, -0.15) is 0 Å². The molecule has 0 bridgehead atoms. The zero-order chi connectivity index (χ0) is 11.9. The summed E-state index contributed by atoms with van der Waals surface area (Å²) >= 11 is 5.87. The highest BCUT2D eigenvalue weighted by Gasteiger charge is 2.55. The minimum atomic E-state index is -3.05. The van der Waals surface area contributed by atoms with E-state index in [0.29, 0.717) is 5.02 Å². The van der Waals surface area contributed by atoms with Gasteiger partial charge in [-0.1, -0.05) is 30.7 Å². The second-order valence-corrected chi connectivity index (χ2v) is 6.96. The lowest BCUT2D eigenvalue weighted by Gasteiger charge is -2.00. The van der Waals surface area contributed by atoms with Gasteiger partial charge in [-0.05, 0) is 17.7 Å². The molecule has 0 saturated heterocycles. The summed E-state index contributed by atoms with van der Waals surface area (Å²) in [6, 6.07) is 6.96. The van der Waals surface area contributed by atoms with Crippen LogP contribution in [-0.2, 0) is 9.84 Å². The van der Waals surface area contributed by atoms with E-state index in [2.05, 4.69) is 0 Å². The van der Waals surface area contributed by atoms with E-state index < -0.39 is 15.1 Å². The summed E-state index contributed by atoms with van der Waals surface area (Å²) in [7, 11) is -3.05. The van der Waals surface area contributed by atoms with Crippen molar-refractivity contribution in [2.24, 2.45) is 5.73 Å². The Balaban J connectivity index is 2.27. The molecule has 1 aromatic carbocycles. The van der Waals surface area contributed by atoms with Gasteiger partial charge in [0.25, 0.3) is 0 Å². The summed E-state index contributed by atoms with van der Waals surface area (Å²) in [6.07, 6.45) is 0. The third kappa shape index (κ3) is 1.97. The predicted molar refractivity (Wildman–Crippen MR) is 65.4 cm³/mol. The maximum atomic E-state index is 11.7. The van der Waals surface area contributed by atoms with Crippen molar-refractivity contribution in [2.75, 3.05) is 5.75 Å². The third-order valence-corrected chi connectivity index (χ3v) is 5.53. The van der Waals surface area contributed by atoms with E-state index in [4.69, 9.17) is 17.3 Å². The number of hydrogen-bond donors (Lipinski definition) is 1. The summed E-state index contributed by atoms with van der Waals surface area (Å²) in [6.45, 7) is 1.65. The molecule has 5 heteroatoms. The Morgan fingerprint density at radius 3 is 2.69 bits per heavy atom. The fourth-order valence-corrected chi connectivity index (χ4v) is 4.01. The van der Waals surface area contributed by atoms with E-state index in [0.717, 1.165) is 5.56 Å². The van der Waals surface area contributed by atoms with Gasteiger partial charge >= 0.3 is 0 Å². The van der Waals surface area contributed by atoms with E-state index in [1.165, 1.54) is 0 Å². The fraction of sp³-hybridized carbons (Fsp3) is 0.455. The molecule has 1 fully saturated rings. The molecule has 0 aliphatic heterocycles. The van der Waals surface area contributed by atoms with Gasteiger partial charge in [0.15, 0.2) is 9.84 Å². The van der Waals surface area contributed by atoms with Gasteiger partial charge in [-0.25, -0.2) is 8.42 Å². The fourth-order valence-electron chi connectivity index (χ4n) is 2.09. The quantitative estimate of drug-likeness (QED) is 0.896. The monoisotopic (exact) mass is 259 g/mol. The van der Waals surface area contributed by atoms with Crippen molar-refractivity contribution in [1.82, 2.24) is 0 Å². The minimum absolute atomic E-state index is 0.0938. The Morgan fingerprint density at radius 2 is 2.12 bits per heavy atom. The van der Waals surface area contributed by atoms with Gasteiger partial charge in [0.2, 0.25) is 0 Å². The van der Waals surface area contributed by atoms with Gasteiger partial charge < -0.3 is 5.73 Å². The zero-order valence-corrected chi connectivity index (χ0v) is 10.5. The summed E-state index contributed by atoms with van der Waals surface area (Å²) in [4.78, 5) is 0. The second-order valence-electron chi connectivity index (χ2n) is 4.07. The van der Waals surface area contributed by atoms with E-state index in [1.807, 2.05) is 12.1 Å². The molecule has 16 heavy (non-hydrogen) atoms. The van der Waals surface area contributed by atoms with Crippen molar-refractivity contribution in [2.45, 2.75) is 24.1 Å². The SMILES string of the molecule is CCS(=O)(=O)[C@@H]1[C@@H](N)[C@@H]1c1cccc(Cl)c1. The number of halogens is 1. The molecule has 0 heterocycles. The Labute approximate surface area is 101 Å². The van der Waals surface area contributed by atoms with Crippen LogP contribution in [0.15, 0.2) is 24.3 Å². The first-order valence-electron chi connectivity index (χ1n) is 5.20. The number of hydrogen-bond acceptors (Lipinski definition) is 3. The molecule has 2 N–H and O–H groups in total. The topological polar surface area (TPSA) is 60.2 Å². The first-order valence-corrected chi connectivity index (χ1v) is 7.29. The highest BCUT2D eigenvalue weighted by molar-refractivity contribution is 7.92. The number of sulfone groups is 1. The number of nitrogens with two attached hydrogens (primary N) is 1. The lowest BCUT2D eigenvalue weighted by molar-refractivity contribution is 0.594. The van der Waals surface area contributed by atoms with Gasteiger partial charge in [-0.3, -0.25) is 0 Å². The van der Waals surface area contributed by atoms with Crippen LogP contribution < -0.4 is 5.73 Å². The van der Waals surface area contributed by atoms with Crippen molar-refractivity contribution >= 4 is 21.4 Å². The Morgan fingerprint density at radius 1 is 1.44 bits per heavy atom. The van der Waals surface area contributed by atoms with Gasteiger partial charge in [0.05, 0.1) is 5.25 Å². The smallest absolute Gasteiger partial charge is 0.155 e. The normalized spacial score (nSPS) is 29.1. The Kier molecular flexibility index (Phi) is 2.99. The van der Waals surface area contributed by atoms with E-state index in [1.54, 1.807) is 19.1 Å². The summed E-state index contributed by atoms with van der Waals surface area (Å²) in [5.41, 5.74) is 6.75. The zero-order valence-electron chi connectivity index (χ0n) is 8.93. The average molecular weight is 260 g/mol. The van der Waals surface area contributed by atoms with Gasteiger partial charge in [0.1, 0.15) is 0 Å². The highest BCUT2D eigenvalue weighted by atomic mass is 35.5. The molecule has 1 aromatic rings. The average Bonchev–Trinajstić information content (AvgIpc) is 2.91. The van der Waals surface area contributed by atoms with Crippen LogP contribution in [-0.4, -0.2) is 25.5 Å². The highest BCUT2D eigenvalue weighted by Crippen LogP contribution is 2.45. The maximum Gasteiger partial charge on any atom is 0.155 e. The maximum absolute atomic E-state index is 11.7.